The van der Waals surface area contributed by atoms with Crippen molar-refractivity contribution in [3.05, 3.63) is 132 Å². The minimum Gasteiger partial charge on any atom is -0.344 e. The van der Waals surface area contributed by atoms with Gasteiger partial charge in [0, 0.05) is 41.1 Å². The van der Waals surface area contributed by atoms with Crippen LogP contribution in [0.2, 0.25) is 0 Å². The van der Waals surface area contributed by atoms with Crippen molar-refractivity contribution in [1.82, 2.24) is 0 Å². The molecule has 6 rings (SSSR count). The summed E-state index contributed by atoms with van der Waals surface area (Å²) in [5, 5.41) is 5.36. The van der Waals surface area contributed by atoms with Gasteiger partial charge in [-0.2, -0.15) is 4.58 Å². The molecule has 2 heteroatoms. The molecule has 2 nitrogen and oxygen atoms in total. The number of unbranched alkanes of at least 4 members (excludes halogenated alkanes) is 3. The molecule has 1 atom stereocenters. The third-order valence-electron chi connectivity index (χ3n) is 11.1. The van der Waals surface area contributed by atoms with Gasteiger partial charge < -0.3 is 4.90 Å². The smallest absolute Gasteiger partial charge is 0.210 e. The highest BCUT2D eigenvalue weighted by atomic mass is 15.2. The lowest BCUT2D eigenvalue weighted by atomic mass is 9.79. The van der Waals surface area contributed by atoms with Gasteiger partial charge in [-0.15, -0.1) is 0 Å². The van der Waals surface area contributed by atoms with Crippen LogP contribution in [0, 0.1) is 5.92 Å². The number of benzene rings is 4. The molecule has 0 aliphatic carbocycles. The van der Waals surface area contributed by atoms with Crippen LogP contribution in [0.4, 0.5) is 11.4 Å². The van der Waals surface area contributed by atoms with E-state index in [2.05, 4.69) is 173 Å². The second-order valence-electron chi connectivity index (χ2n) is 15.1. The van der Waals surface area contributed by atoms with Crippen molar-refractivity contribution < 1.29 is 4.58 Å². The number of fused-ring (bicyclic) bond motifs is 6. The van der Waals surface area contributed by atoms with Crippen molar-refractivity contribution in [2.24, 2.45) is 5.92 Å². The lowest BCUT2D eigenvalue weighted by Gasteiger charge is -2.27. The number of hydrogen-bond acceptors (Lipinski definition) is 1. The summed E-state index contributed by atoms with van der Waals surface area (Å²) in [6, 6.07) is 26.8. The van der Waals surface area contributed by atoms with Crippen molar-refractivity contribution >= 4 is 38.6 Å². The molecular formula is C46H55N2+. The molecule has 0 saturated heterocycles. The molecule has 1 unspecified atom stereocenters. The van der Waals surface area contributed by atoms with Crippen LogP contribution in [-0.2, 0) is 10.8 Å². The third-order valence-corrected chi connectivity index (χ3v) is 11.1. The minimum atomic E-state index is -0.0742. The Hall–Kier alpha value is -4.17. The van der Waals surface area contributed by atoms with E-state index in [9.17, 15) is 0 Å². The Kier molecular flexibility index (Phi) is 9.93. The maximum absolute atomic E-state index is 2.61. The Morgan fingerprint density at radius 1 is 0.688 bits per heavy atom. The average Bonchev–Trinajstić information content (AvgIpc) is 3.43. The summed E-state index contributed by atoms with van der Waals surface area (Å²) in [5.74, 6) is 0.850. The topological polar surface area (TPSA) is 6.25 Å². The van der Waals surface area contributed by atoms with E-state index in [0.717, 1.165) is 12.5 Å². The van der Waals surface area contributed by atoms with Crippen LogP contribution in [0.1, 0.15) is 91.2 Å². The molecule has 4 aromatic carbocycles. The summed E-state index contributed by atoms with van der Waals surface area (Å²) in [5.41, 5.74) is 8.13. The summed E-state index contributed by atoms with van der Waals surface area (Å²) in [6.07, 6.45) is 23.4. The van der Waals surface area contributed by atoms with E-state index >= 15 is 0 Å². The van der Waals surface area contributed by atoms with Crippen LogP contribution in [0.25, 0.3) is 21.5 Å². The lowest BCUT2D eigenvalue weighted by molar-refractivity contribution is -0.401. The molecule has 2 aliphatic heterocycles. The standard InChI is InChI=1S/C46H55N2/c1-8-34(2)22-14-12-13-21-33-48-40-32-30-36-24-18-20-26-38(36)44(40)46(5,6)42(48)28-16-11-9-10-15-27-41-45(3,4)43-37-25-19-17-23-35(37)29-31-39(43)47(41)7/h9-11,15-20,23-32,34H,8,12-14,21-22,33H2,1-7H3/q+1. The number of nitrogens with zero attached hydrogens (tertiary/aromatic N) is 2. The van der Waals surface area contributed by atoms with Crippen LogP contribution in [-0.4, -0.2) is 23.9 Å². The summed E-state index contributed by atoms with van der Waals surface area (Å²) < 4.78 is 2.36. The van der Waals surface area contributed by atoms with Gasteiger partial charge in [0.2, 0.25) is 5.69 Å². The van der Waals surface area contributed by atoms with E-state index in [4.69, 9.17) is 0 Å². The van der Waals surface area contributed by atoms with E-state index in [-0.39, 0.29) is 10.8 Å². The summed E-state index contributed by atoms with van der Waals surface area (Å²) >= 11 is 0. The first-order valence-electron chi connectivity index (χ1n) is 18.3. The quantitative estimate of drug-likeness (QED) is 0.0853. The van der Waals surface area contributed by atoms with Crippen molar-refractivity contribution in [2.45, 2.75) is 90.9 Å². The van der Waals surface area contributed by atoms with Crippen LogP contribution < -0.4 is 4.90 Å². The van der Waals surface area contributed by atoms with Gasteiger partial charge in [0.05, 0.1) is 5.41 Å². The largest absolute Gasteiger partial charge is 0.344 e. The summed E-state index contributed by atoms with van der Waals surface area (Å²) in [4.78, 5) is 2.61. The predicted octanol–water partition coefficient (Wildman–Crippen LogP) is 12.3. The molecule has 0 amide bonds. The van der Waals surface area contributed by atoms with Crippen LogP contribution in [0.3, 0.4) is 0 Å². The Morgan fingerprint density at radius 3 is 2.04 bits per heavy atom. The molecule has 2 aliphatic rings. The van der Waals surface area contributed by atoms with Gasteiger partial charge in [0.25, 0.3) is 0 Å². The van der Waals surface area contributed by atoms with Crippen molar-refractivity contribution in [2.75, 3.05) is 18.5 Å². The first-order valence-corrected chi connectivity index (χ1v) is 18.3. The monoisotopic (exact) mass is 635 g/mol. The van der Waals surface area contributed by atoms with E-state index in [0.29, 0.717) is 0 Å². The Morgan fingerprint density at radius 2 is 1.31 bits per heavy atom. The fourth-order valence-corrected chi connectivity index (χ4v) is 8.28. The van der Waals surface area contributed by atoms with E-state index in [1.807, 2.05) is 0 Å². The van der Waals surface area contributed by atoms with Crippen LogP contribution in [0.15, 0.2) is 121 Å². The normalized spacial score (nSPS) is 18.4. The number of hydrogen-bond donors (Lipinski definition) is 0. The Bertz CT molecular complexity index is 1940. The van der Waals surface area contributed by atoms with Crippen molar-refractivity contribution in [3.63, 3.8) is 0 Å². The van der Waals surface area contributed by atoms with Gasteiger partial charge in [0.1, 0.15) is 7.05 Å². The van der Waals surface area contributed by atoms with E-state index in [1.165, 1.54) is 94.0 Å². The zero-order valence-electron chi connectivity index (χ0n) is 30.4. The first-order chi connectivity index (χ1) is 23.2. The molecule has 4 aromatic rings. The predicted molar refractivity (Wildman–Crippen MR) is 210 cm³/mol. The SMILES string of the molecule is CCC(C)CCCCCCN1/C(=C/C=C/C=C/C=C/C2=[N+](C)c3ccc4ccccc4c3C2(C)C)C(C)(C)c2c1ccc1ccccc21. The fourth-order valence-electron chi connectivity index (χ4n) is 8.28. The van der Waals surface area contributed by atoms with Gasteiger partial charge in [-0.25, -0.2) is 0 Å². The molecule has 0 fully saturated rings. The van der Waals surface area contributed by atoms with Gasteiger partial charge in [-0.05, 0) is 71.5 Å². The molecule has 0 N–H and O–H groups in total. The molecule has 0 aromatic heterocycles. The number of rotatable bonds is 12. The Balaban J connectivity index is 1.19. The van der Waals surface area contributed by atoms with E-state index < -0.39 is 0 Å². The molecule has 48 heavy (non-hydrogen) atoms. The summed E-state index contributed by atoms with van der Waals surface area (Å²) in [7, 11) is 2.20. The Labute approximate surface area is 289 Å². The summed E-state index contributed by atoms with van der Waals surface area (Å²) in [6.45, 7) is 15.3. The van der Waals surface area contributed by atoms with Gasteiger partial charge in [-0.1, -0.05) is 145 Å². The molecule has 2 heterocycles. The maximum Gasteiger partial charge on any atom is 0.210 e. The highest BCUT2D eigenvalue weighted by Crippen LogP contribution is 2.51. The van der Waals surface area contributed by atoms with Crippen molar-refractivity contribution in [3.8, 4) is 0 Å². The molecule has 0 bridgehead atoms. The first kappa shape index (κ1) is 33.7. The second-order valence-corrected chi connectivity index (χ2v) is 15.1. The third kappa shape index (κ3) is 6.35. The molecular weight excluding hydrogens is 581 g/mol. The van der Waals surface area contributed by atoms with Gasteiger partial charge in [-0.3, -0.25) is 0 Å². The lowest BCUT2D eigenvalue weighted by Crippen LogP contribution is -2.27. The van der Waals surface area contributed by atoms with Crippen LogP contribution >= 0.6 is 0 Å². The maximum atomic E-state index is 2.61. The second kappa shape index (κ2) is 14.1. The molecule has 0 radical (unpaired) electrons. The van der Waals surface area contributed by atoms with E-state index in [1.54, 1.807) is 0 Å². The van der Waals surface area contributed by atoms with Gasteiger partial charge in [0.15, 0.2) is 5.71 Å². The highest BCUT2D eigenvalue weighted by molar-refractivity contribution is 6.07. The van der Waals surface area contributed by atoms with Crippen LogP contribution in [0.5, 0.6) is 0 Å². The zero-order valence-corrected chi connectivity index (χ0v) is 30.4. The van der Waals surface area contributed by atoms with Gasteiger partial charge >= 0.3 is 0 Å². The average molecular weight is 636 g/mol. The number of allylic oxidation sites excluding steroid dienone is 8. The molecule has 248 valence electrons. The molecule has 0 spiro atoms. The minimum absolute atomic E-state index is 0.0693. The highest BCUT2D eigenvalue weighted by Gasteiger charge is 2.44. The van der Waals surface area contributed by atoms with Crippen molar-refractivity contribution in [1.29, 1.82) is 0 Å². The fraction of sp³-hybridized carbons (Fsp3) is 0.370. The zero-order chi connectivity index (χ0) is 33.9. The number of anilines is 1. The molecule has 0 saturated carbocycles.